The van der Waals surface area contributed by atoms with Crippen LogP contribution in [0.1, 0.15) is 67.7 Å². The number of ether oxygens (including phenoxy) is 4. The van der Waals surface area contributed by atoms with Crippen LogP contribution in [0.15, 0.2) is 0 Å². The second-order valence-electron chi connectivity index (χ2n) is 14.2. The molecule has 10 N–H and O–H groups in total. The Balaban J connectivity index is 0.00000392. The molecule has 1 fully saturated rings. The Labute approximate surface area is 323 Å². The number of esters is 1. The smallest absolute Gasteiger partial charge is 0.475 e. The third kappa shape index (κ3) is 19.5. The number of alkyl halides is 3. The molecule has 1 heterocycles. The van der Waals surface area contributed by atoms with Gasteiger partial charge in [0.1, 0.15) is 42.5 Å². The van der Waals surface area contributed by atoms with E-state index < -0.39 is 90.7 Å². The van der Waals surface area contributed by atoms with Gasteiger partial charge in [0, 0.05) is 13.0 Å². The Morgan fingerprint density at radius 3 is 1.84 bits per heavy atom. The maximum Gasteiger partial charge on any atom is 0.490 e. The van der Waals surface area contributed by atoms with Gasteiger partial charge in [-0.05, 0) is 37.5 Å². The molecule has 1 saturated heterocycles. The van der Waals surface area contributed by atoms with Crippen molar-refractivity contribution in [3.63, 3.8) is 0 Å². The Kier molecular flexibility index (Phi) is 23.9. The molecule has 4 amide bonds. The zero-order valence-electron chi connectivity index (χ0n) is 33.0. The van der Waals surface area contributed by atoms with E-state index in [1.54, 1.807) is 27.7 Å². The first-order chi connectivity index (χ1) is 25.8. The Morgan fingerprint density at radius 2 is 1.36 bits per heavy atom. The van der Waals surface area contributed by atoms with Crippen molar-refractivity contribution in [2.75, 3.05) is 33.5 Å². The van der Waals surface area contributed by atoms with Crippen molar-refractivity contribution >= 4 is 35.6 Å². The first kappa shape index (κ1) is 52.3. The van der Waals surface area contributed by atoms with Crippen molar-refractivity contribution in [1.82, 2.24) is 21.3 Å². The number of amides is 4. The molecule has 326 valence electrons. The van der Waals surface area contributed by atoms with Crippen molar-refractivity contribution in [1.29, 1.82) is 0 Å². The fourth-order valence-electron chi connectivity index (χ4n) is 4.84. The molecule has 0 aliphatic carbocycles. The van der Waals surface area contributed by atoms with Gasteiger partial charge < -0.3 is 66.4 Å². The van der Waals surface area contributed by atoms with Crippen molar-refractivity contribution in [2.45, 2.75) is 129 Å². The quantitative estimate of drug-likeness (QED) is 0.0480. The molecule has 0 aromatic rings. The average molecular weight is 820 g/mol. The zero-order valence-corrected chi connectivity index (χ0v) is 33.0. The summed E-state index contributed by atoms with van der Waals surface area (Å²) in [4.78, 5) is 71.1. The van der Waals surface area contributed by atoms with Crippen LogP contribution in [0.5, 0.6) is 0 Å². The molecule has 0 aromatic heterocycles. The molecule has 0 spiro atoms. The molecule has 0 unspecified atom stereocenters. The van der Waals surface area contributed by atoms with Gasteiger partial charge in [-0.25, -0.2) is 9.59 Å². The Bertz CT molecular complexity index is 1260. The summed E-state index contributed by atoms with van der Waals surface area (Å²) in [6.45, 7) is 12.2. The first-order valence-electron chi connectivity index (χ1n) is 18.1. The Hall–Kier alpha value is -3.67. The molecule has 9 atom stereocenters. The minimum Gasteiger partial charge on any atom is -0.475 e. The molecule has 1 rings (SSSR count). The predicted molar refractivity (Wildman–Crippen MR) is 190 cm³/mol. The molecule has 1 aliphatic heterocycles. The number of halogens is 3. The van der Waals surface area contributed by atoms with Crippen LogP contribution in [0.3, 0.4) is 0 Å². The maximum atomic E-state index is 12.9. The van der Waals surface area contributed by atoms with Gasteiger partial charge in [-0.3, -0.25) is 19.2 Å². The maximum absolute atomic E-state index is 12.9. The molecule has 0 aromatic carbocycles. The van der Waals surface area contributed by atoms with Crippen molar-refractivity contribution in [3.8, 4) is 0 Å². The lowest BCUT2D eigenvalue weighted by Gasteiger charge is -2.40. The number of nitrogens with two attached hydrogens (primary N) is 1. The topological polar surface area (TPSA) is 294 Å². The van der Waals surface area contributed by atoms with Gasteiger partial charge in [0.05, 0.1) is 33.0 Å². The molecule has 1 aliphatic rings. The van der Waals surface area contributed by atoms with Gasteiger partial charge in [-0.15, -0.1) is 0 Å². The second kappa shape index (κ2) is 25.6. The van der Waals surface area contributed by atoms with E-state index in [0.717, 1.165) is 0 Å². The van der Waals surface area contributed by atoms with E-state index in [-0.39, 0.29) is 56.4 Å². The highest BCUT2D eigenvalue weighted by molar-refractivity contribution is 5.91. The van der Waals surface area contributed by atoms with Crippen LogP contribution in [-0.4, -0.2) is 151 Å². The zero-order chi connectivity index (χ0) is 43.5. The minimum atomic E-state index is -5.08. The van der Waals surface area contributed by atoms with Gasteiger partial charge in [0.2, 0.25) is 23.6 Å². The molecular formula is C34H60F3N5O14. The number of aliphatic carboxylic acids is 1. The normalized spacial score (nSPS) is 21.9. The minimum absolute atomic E-state index is 0.0134. The third-order valence-corrected chi connectivity index (χ3v) is 8.00. The highest BCUT2D eigenvalue weighted by Gasteiger charge is 2.44. The fraction of sp³-hybridized carbons (Fsp3) is 0.824. The lowest BCUT2D eigenvalue weighted by Crippen LogP contribution is -2.59. The van der Waals surface area contributed by atoms with Crippen molar-refractivity contribution < 1.29 is 81.3 Å². The summed E-state index contributed by atoms with van der Waals surface area (Å²) in [7, 11) is 1.24. The molecule has 0 radical (unpaired) electrons. The van der Waals surface area contributed by atoms with E-state index >= 15 is 0 Å². The number of carbonyl (C=O) groups is 6. The van der Waals surface area contributed by atoms with Crippen LogP contribution in [-0.2, 0) is 47.7 Å². The number of carboxylic acids is 1. The standard InChI is InChI=1S/C32H59N5O12.C2HF3O2/c1-16(2)14-20(31(45)46-8)35-30(44)24(18(5)6)36-22(38)10-13-47-15-21-25(39)26(40)27(41)32(49-21)48-12-9-11-34-29(43)23(17(3)4)37-28(42)19(7)33;3-2(4,5)1(6)7/h16-21,23-27,32,39-41H,9-15,33H2,1-8H3,(H,34,43)(H,35,44)(H,36,38)(H,37,42);(H,6,7)/t19-,20-,21+,23-,24-,25+,26-,27+,32+;/m0./s1. The summed E-state index contributed by atoms with van der Waals surface area (Å²) in [5.74, 6) is -5.55. The highest BCUT2D eigenvalue weighted by Crippen LogP contribution is 2.23. The van der Waals surface area contributed by atoms with E-state index in [1.165, 1.54) is 14.0 Å². The van der Waals surface area contributed by atoms with Crippen molar-refractivity contribution in [2.24, 2.45) is 23.5 Å². The number of aliphatic hydroxyl groups excluding tert-OH is 3. The number of carbonyl (C=O) groups excluding carboxylic acids is 5. The number of nitrogens with one attached hydrogen (secondary N) is 4. The monoisotopic (exact) mass is 819 g/mol. The summed E-state index contributed by atoms with van der Waals surface area (Å²) in [6.07, 6.45) is -11.7. The van der Waals surface area contributed by atoms with Gasteiger partial charge >= 0.3 is 18.1 Å². The van der Waals surface area contributed by atoms with E-state index in [1.807, 2.05) is 13.8 Å². The SMILES string of the molecule is COC(=O)[C@H](CC(C)C)NC(=O)[C@@H](NC(=O)CCOC[C@H]1O[C@@H](OCCCNC(=O)[C@@H](NC(=O)[C@H](C)N)C(C)C)[C@H](O)[C@@H](O)[C@@H]1O)C(C)C.O=C(O)C(F)(F)F. The average Bonchev–Trinajstić information content (AvgIpc) is 3.09. The fourth-order valence-corrected chi connectivity index (χ4v) is 4.84. The summed E-state index contributed by atoms with van der Waals surface area (Å²) < 4.78 is 53.2. The predicted octanol–water partition coefficient (Wildman–Crippen LogP) is -1.31. The van der Waals surface area contributed by atoms with Crippen LogP contribution >= 0.6 is 0 Å². The lowest BCUT2D eigenvalue weighted by molar-refractivity contribution is -0.302. The number of carboxylic acid groups (broad SMARTS) is 1. The number of methoxy groups -OCH3 is 1. The van der Waals surface area contributed by atoms with E-state index in [2.05, 4.69) is 21.3 Å². The van der Waals surface area contributed by atoms with E-state index in [4.69, 9.17) is 34.6 Å². The number of rotatable bonds is 21. The third-order valence-electron chi connectivity index (χ3n) is 8.00. The van der Waals surface area contributed by atoms with Crippen molar-refractivity contribution in [3.05, 3.63) is 0 Å². The van der Waals surface area contributed by atoms with Crippen LogP contribution in [0.4, 0.5) is 13.2 Å². The highest BCUT2D eigenvalue weighted by atomic mass is 19.4. The van der Waals surface area contributed by atoms with E-state index in [0.29, 0.717) is 12.8 Å². The van der Waals surface area contributed by atoms with Crippen LogP contribution in [0.2, 0.25) is 0 Å². The Morgan fingerprint density at radius 1 is 0.804 bits per heavy atom. The summed E-state index contributed by atoms with van der Waals surface area (Å²) in [5.41, 5.74) is 5.57. The molecule has 56 heavy (non-hydrogen) atoms. The van der Waals surface area contributed by atoms with Crippen LogP contribution in [0.25, 0.3) is 0 Å². The summed E-state index contributed by atoms with van der Waals surface area (Å²) >= 11 is 0. The van der Waals surface area contributed by atoms with Crippen LogP contribution in [0, 0.1) is 17.8 Å². The van der Waals surface area contributed by atoms with Gasteiger partial charge in [-0.2, -0.15) is 13.2 Å². The molecule has 0 bridgehead atoms. The summed E-state index contributed by atoms with van der Waals surface area (Å²) in [6, 6.07) is -3.32. The molecule has 22 heteroatoms. The number of hydrogen-bond donors (Lipinski definition) is 9. The van der Waals surface area contributed by atoms with Gasteiger partial charge in [-0.1, -0.05) is 41.5 Å². The van der Waals surface area contributed by atoms with E-state index in [9.17, 15) is 52.5 Å². The lowest BCUT2D eigenvalue weighted by atomic mass is 9.99. The summed E-state index contributed by atoms with van der Waals surface area (Å²) in [5, 5.41) is 48.9. The largest absolute Gasteiger partial charge is 0.490 e. The molecule has 19 nitrogen and oxygen atoms in total. The van der Waals surface area contributed by atoms with Crippen LogP contribution < -0.4 is 27.0 Å². The molecule has 0 saturated carbocycles. The number of hydrogen-bond acceptors (Lipinski definition) is 14. The number of aliphatic hydroxyl groups is 3. The first-order valence-corrected chi connectivity index (χ1v) is 18.1. The second-order valence-corrected chi connectivity index (χ2v) is 14.2. The molecular weight excluding hydrogens is 759 g/mol. The van der Waals surface area contributed by atoms with Gasteiger partial charge in [0.15, 0.2) is 6.29 Å². The van der Waals surface area contributed by atoms with Gasteiger partial charge in [0.25, 0.3) is 0 Å².